The summed E-state index contributed by atoms with van der Waals surface area (Å²) in [7, 11) is 0. The summed E-state index contributed by atoms with van der Waals surface area (Å²) in [4.78, 5) is 0. The maximum absolute atomic E-state index is 3.39. The van der Waals surface area contributed by atoms with E-state index in [0.717, 1.165) is 13.1 Å². The van der Waals surface area contributed by atoms with E-state index in [4.69, 9.17) is 0 Å². The topological polar surface area (TPSA) is 12.0 Å². The van der Waals surface area contributed by atoms with Crippen LogP contribution in [0.2, 0.25) is 0 Å². The van der Waals surface area contributed by atoms with E-state index in [0.29, 0.717) is 0 Å². The average molecular weight is 221 g/mol. The van der Waals surface area contributed by atoms with Gasteiger partial charge < -0.3 is 5.32 Å². The van der Waals surface area contributed by atoms with Crippen LogP contribution in [0.1, 0.15) is 22.3 Å². The molecular formula is C16H15N. The van der Waals surface area contributed by atoms with E-state index in [1.165, 1.54) is 22.3 Å². The second-order valence-corrected chi connectivity index (χ2v) is 4.33. The predicted octanol–water partition coefficient (Wildman–Crippen LogP) is 3.46. The van der Waals surface area contributed by atoms with Gasteiger partial charge in [-0.3, -0.25) is 0 Å². The SMILES string of the molecule is C(=Cc1cccc2c1CNC2)c1ccccc1. The molecule has 2 aromatic carbocycles. The summed E-state index contributed by atoms with van der Waals surface area (Å²) >= 11 is 0. The molecule has 0 spiro atoms. The zero-order valence-electron chi connectivity index (χ0n) is 9.69. The van der Waals surface area contributed by atoms with Crippen molar-refractivity contribution in [1.82, 2.24) is 5.32 Å². The van der Waals surface area contributed by atoms with Crippen LogP contribution < -0.4 is 5.32 Å². The predicted molar refractivity (Wildman–Crippen MR) is 72.4 cm³/mol. The highest BCUT2D eigenvalue weighted by atomic mass is 14.9. The van der Waals surface area contributed by atoms with Crippen molar-refractivity contribution in [2.45, 2.75) is 13.1 Å². The normalized spacial score (nSPS) is 14.1. The zero-order valence-corrected chi connectivity index (χ0v) is 9.69. The first-order valence-corrected chi connectivity index (χ1v) is 5.98. The Morgan fingerprint density at radius 3 is 2.59 bits per heavy atom. The van der Waals surface area contributed by atoms with Gasteiger partial charge in [-0.2, -0.15) is 0 Å². The van der Waals surface area contributed by atoms with Gasteiger partial charge in [0.2, 0.25) is 0 Å². The molecule has 1 aliphatic heterocycles. The molecule has 0 aliphatic carbocycles. The smallest absolute Gasteiger partial charge is 0.0217 e. The minimum atomic E-state index is 0.991. The molecule has 0 atom stereocenters. The van der Waals surface area contributed by atoms with Gasteiger partial charge >= 0.3 is 0 Å². The van der Waals surface area contributed by atoms with Gasteiger partial charge in [-0.15, -0.1) is 0 Å². The Morgan fingerprint density at radius 1 is 0.824 bits per heavy atom. The molecular weight excluding hydrogens is 206 g/mol. The highest BCUT2D eigenvalue weighted by molar-refractivity contribution is 5.72. The number of rotatable bonds is 2. The monoisotopic (exact) mass is 221 g/mol. The standard InChI is InChI=1S/C16H15N/c1-2-5-13(6-3-1)9-10-14-7-4-8-15-11-17-12-16(14)15/h1-10,17H,11-12H2. The molecule has 17 heavy (non-hydrogen) atoms. The molecule has 1 heterocycles. The van der Waals surface area contributed by atoms with E-state index in [9.17, 15) is 0 Å². The van der Waals surface area contributed by atoms with Crippen molar-refractivity contribution in [3.8, 4) is 0 Å². The summed E-state index contributed by atoms with van der Waals surface area (Å²) in [6.07, 6.45) is 4.38. The number of nitrogens with one attached hydrogen (secondary N) is 1. The summed E-state index contributed by atoms with van der Waals surface area (Å²) in [5.41, 5.74) is 5.45. The van der Waals surface area contributed by atoms with E-state index < -0.39 is 0 Å². The third-order valence-electron chi connectivity index (χ3n) is 3.18. The summed E-state index contributed by atoms with van der Waals surface area (Å²) < 4.78 is 0. The molecule has 3 rings (SSSR count). The van der Waals surface area contributed by atoms with Crippen LogP contribution >= 0.6 is 0 Å². The van der Waals surface area contributed by atoms with Gasteiger partial charge in [0.1, 0.15) is 0 Å². The summed E-state index contributed by atoms with van der Waals surface area (Å²) in [5, 5.41) is 3.39. The highest BCUT2D eigenvalue weighted by Crippen LogP contribution is 2.21. The lowest BCUT2D eigenvalue weighted by atomic mass is 10.0. The first kappa shape index (κ1) is 10.3. The molecule has 1 N–H and O–H groups in total. The average Bonchev–Trinajstić information content (AvgIpc) is 2.86. The lowest BCUT2D eigenvalue weighted by Gasteiger charge is -2.02. The molecule has 0 aromatic heterocycles. The minimum absolute atomic E-state index is 0.991. The molecule has 1 aliphatic rings. The minimum Gasteiger partial charge on any atom is -0.309 e. The van der Waals surface area contributed by atoms with Crippen LogP contribution in [0.4, 0.5) is 0 Å². The van der Waals surface area contributed by atoms with Crippen molar-refractivity contribution in [1.29, 1.82) is 0 Å². The zero-order chi connectivity index (χ0) is 11.5. The fourth-order valence-corrected chi connectivity index (χ4v) is 2.26. The van der Waals surface area contributed by atoms with Crippen LogP contribution in [0, 0.1) is 0 Å². The second-order valence-electron chi connectivity index (χ2n) is 4.33. The molecule has 0 unspecified atom stereocenters. The van der Waals surface area contributed by atoms with E-state index >= 15 is 0 Å². The molecule has 84 valence electrons. The second kappa shape index (κ2) is 4.56. The van der Waals surface area contributed by atoms with Crippen molar-refractivity contribution in [2.75, 3.05) is 0 Å². The van der Waals surface area contributed by atoms with Crippen LogP contribution in [-0.4, -0.2) is 0 Å². The third-order valence-corrected chi connectivity index (χ3v) is 3.18. The molecule has 1 heteroatoms. The lowest BCUT2D eigenvalue weighted by Crippen LogP contribution is -2.00. The highest BCUT2D eigenvalue weighted by Gasteiger charge is 2.11. The van der Waals surface area contributed by atoms with Gasteiger partial charge in [0.15, 0.2) is 0 Å². The Kier molecular flexibility index (Phi) is 2.76. The van der Waals surface area contributed by atoms with Gasteiger partial charge in [0.25, 0.3) is 0 Å². The van der Waals surface area contributed by atoms with Gasteiger partial charge in [0, 0.05) is 13.1 Å². The van der Waals surface area contributed by atoms with Crippen molar-refractivity contribution in [2.24, 2.45) is 0 Å². The van der Waals surface area contributed by atoms with Crippen LogP contribution in [0.3, 0.4) is 0 Å². The number of hydrogen-bond acceptors (Lipinski definition) is 1. The Morgan fingerprint density at radius 2 is 1.71 bits per heavy atom. The fourth-order valence-electron chi connectivity index (χ4n) is 2.26. The van der Waals surface area contributed by atoms with Gasteiger partial charge in [0.05, 0.1) is 0 Å². The van der Waals surface area contributed by atoms with Crippen molar-refractivity contribution in [3.63, 3.8) is 0 Å². The molecule has 0 amide bonds. The lowest BCUT2D eigenvalue weighted by molar-refractivity contribution is 0.764. The summed E-state index contributed by atoms with van der Waals surface area (Å²) in [6.45, 7) is 1.99. The van der Waals surface area contributed by atoms with Gasteiger partial charge in [-0.05, 0) is 22.3 Å². The van der Waals surface area contributed by atoms with Gasteiger partial charge in [-0.25, -0.2) is 0 Å². The largest absolute Gasteiger partial charge is 0.309 e. The molecule has 1 nitrogen and oxygen atoms in total. The molecule has 0 radical (unpaired) electrons. The Bertz CT molecular complexity index is 541. The number of fused-ring (bicyclic) bond motifs is 1. The first-order valence-electron chi connectivity index (χ1n) is 5.98. The van der Waals surface area contributed by atoms with Crippen LogP contribution in [0.5, 0.6) is 0 Å². The number of benzene rings is 2. The molecule has 0 saturated carbocycles. The maximum atomic E-state index is 3.39. The maximum Gasteiger partial charge on any atom is 0.0217 e. The van der Waals surface area contributed by atoms with E-state index in [-0.39, 0.29) is 0 Å². The fraction of sp³-hybridized carbons (Fsp3) is 0.125. The summed E-state index contributed by atoms with van der Waals surface area (Å²) in [6, 6.07) is 16.9. The number of hydrogen-bond donors (Lipinski definition) is 1. The molecule has 0 saturated heterocycles. The molecule has 2 aromatic rings. The van der Waals surface area contributed by atoms with Gasteiger partial charge in [-0.1, -0.05) is 60.7 Å². The van der Waals surface area contributed by atoms with Crippen molar-refractivity contribution < 1.29 is 0 Å². The van der Waals surface area contributed by atoms with Crippen molar-refractivity contribution >= 4 is 12.2 Å². The Balaban J connectivity index is 1.91. The molecule has 0 bridgehead atoms. The first-order chi connectivity index (χ1) is 8.43. The van der Waals surface area contributed by atoms with Crippen LogP contribution in [0.15, 0.2) is 48.5 Å². The van der Waals surface area contributed by atoms with Crippen LogP contribution in [-0.2, 0) is 13.1 Å². The van der Waals surface area contributed by atoms with E-state index in [2.05, 4.69) is 59.9 Å². The third kappa shape index (κ3) is 2.15. The van der Waals surface area contributed by atoms with E-state index in [1.54, 1.807) is 0 Å². The van der Waals surface area contributed by atoms with Crippen LogP contribution in [0.25, 0.3) is 12.2 Å². The Labute approximate surface area is 102 Å². The molecule has 0 fully saturated rings. The quantitative estimate of drug-likeness (QED) is 0.766. The summed E-state index contributed by atoms with van der Waals surface area (Å²) in [5.74, 6) is 0. The Hall–Kier alpha value is -1.86. The van der Waals surface area contributed by atoms with Crippen molar-refractivity contribution in [3.05, 3.63) is 70.8 Å². The van der Waals surface area contributed by atoms with E-state index in [1.807, 2.05) is 6.07 Å².